The second-order valence-corrected chi connectivity index (χ2v) is 5.56. The largest absolute Gasteiger partial charge is 0.481 e. The summed E-state index contributed by atoms with van der Waals surface area (Å²) >= 11 is 6.04. The summed E-state index contributed by atoms with van der Waals surface area (Å²) in [5.41, 5.74) is 2.11. The maximum atomic E-state index is 12.3. The van der Waals surface area contributed by atoms with Gasteiger partial charge in [0.15, 0.2) is 0 Å². The van der Waals surface area contributed by atoms with Gasteiger partial charge in [-0.05, 0) is 48.4 Å². The molecule has 0 saturated carbocycles. The number of amides is 1. The maximum absolute atomic E-state index is 12.3. The Kier molecular flexibility index (Phi) is 6.23. The molecule has 0 aliphatic heterocycles. The van der Waals surface area contributed by atoms with E-state index in [9.17, 15) is 10.1 Å². The molecule has 0 atom stereocenters. The van der Waals surface area contributed by atoms with E-state index in [1.165, 1.54) is 6.08 Å². The number of hydrogen-bond donors (Lipinski definition) is 1. The average molecular weight is 351 g/mol. The highest BCUT2D eigenvalue weighted by Gasteiger charge is 2.10. The predicted molar refractivity (Wildman–Crippen MR) is 99.2 cm³/mol. The van der Waals surface area contributed by atoms with E-state index in [1.807, 2.05) is 13.0 Å². The first-order valence-corrected chi connectivity index (χ1v) is 7.77. The standard InChI is InChI=1S/C20H15ClN2O2/c1-3-10-25-18-8-5-15(6-9-18)11-16(13-22)20(24)23-17-7-4-14(2)19(21)12-17/h1,4-9,11-12H,10H2,2H3,(H,23,24)/b16-11-. The van der Waals surface area contributed by atoms with E-state index in [0.717, 1.165) is 5.56 Å². The highest BCUT2D eigenvalue weighted by Crippen LogP contribution is 2.21. The summed E-state index contributed by atoms with van der Waals surface area (Å²) in [4.78, 5) is 12.3. The number of carbonyl (C=O) groups excluding carboxylic acids is 1. The van der Waals surface area contributed by atoms with Crippen molar-refractivity contribution in [3.63, 3.8) is 0 Å². The van der Waals surface area contributed by atoms with E-state index in [2.05, 4.69) is 11.2 Å². The fourth-order valence-corrected chi connectivity index (χ4v) is 2.15. The molecule has 0 fully saturated rings. The number of rotatable bonds is 5. The fourth-order valence-electron chi connectivity index (χ4n) is 1.97. The molecule has 2 aromatic carbocycles. The minimum Gasteiger partial charge on any atom is -0.481 e. The number of ether oxygens (including phenoxy) is 1. The van der Waals surface area contributed by atoms with Crippen LogP contribution >= 0.6 is 11.6 Å². The summed E-state index contributed by atoms with van der Waals surface area (Å²) in [6.45, 7) is 2.05. The van der Waals surface area contributed by atoms with Gasteiger partial charge in [-0.1, -0.05) is 35.7 Å². The molecule has 0 aliphatic carbocycles. The van der Waals surface area contributed by atoms with Crippen LogP contribution in [-0.2, 0) is 4.79 Å². The first-order valence-electron chi connectivity index (χ1n) is 7.39. The van der Waals surface area contributed by atoms with Gasteiger partial charge in [0.1, 0.15) is 24.0 Å². The second-order valence-electron chi connectivity index (χ2n) is 5.15. The van der Waals surface area contributed by atoms with Gasteiger partial charge in [-0.3, -0.25) is 4.79 Å². The second kappa shape index (κ2) is 8.59. The van der Waals surface area contributed by atoms with Crippen LogP contribution in [0.15, 0.2) is 48.0 Å². The first-order chi connectivity index (χ1) is 12.0. The third-order valence-electron chi connectivity index (χ3n) is 3.31. The quantitative estimate of drug-likeness (QED) is 0.499. The van der Waals surface area contributed by atoms with Crippen LogP contribution in [0.3, 0.4) is 0 Å². The van der Waals surface area contributed by atoms with E-state index in [0.29, 0.717) is 22.0 Å². The molecule has 1 N–H and O–H groups in total. The Balaban J connectivity index is 2.13. The van der Waals surface area contributed by atoms with E-state index >= 15 is 0 Å². The molecule has 2 aromatic rings. The van der Waals surface area contributed by atoms with Crippen molar-refractivity contribution >= 4 is 29.3 Å². The number of nitriles is 1. The van der Waals surface area contributed by atoms with Gasteiger partial charge in [-0.25, -0.2) is 0 Å². The summed E-state index contributed by atoms with van der Waals surface area (Å²) in [5.74, 6) is 2.49. The van der Waals surface area contributed by atoms with Crippen LogP contribution in [0.4, 0.5) is 5.69 Å². The zero-order chi connectivity index (χ0) is 18.2. The van der Waals surface area contributed by atoms with Gasteiger partial charge in [0, 0.05) is 10.7 Å². The Morgan fingerprint density at radius 3 is 2.64 bits per heavy atom. The molecular weight excluding hydrogens is 336 g/mol. The molecule has 5 heteroatoms. The fraction of sp³-hybridized carbons (Fsp3) is 0.100. The first kappa shape index (κ1) is 18.1. The van der Waals surface area contributed by atoms with Crippen LogP contribution in [0, 0.1) is 30.6 Å². The minimum absolute atomic E-state index is 0.0195. The molecular formula is C20H15ClN2O2. The van der Waals surface area contributed by atoms with E-state index in [1.54, 1.807) is 42.5 Å². The number of nitrogens with zero attached hydrogens (tertiary/aromatic N) is 1. The predicted octanol–water partition coefficient (Wildman–Crippen LogP) is 4.21. The Bertz CT molecular complexity index is 887. The van der Waals surface area contributed by atoms with E-state index in [-0.39, 0.29) is 12.2 Å². The lowest BCUT2D eigenvalue weighted by molar-refractivity contribution is -0.112. The van der Waals surface area contributed by atoms with Crippen molar-refractivity contribution in [2.45, 2.75) is 6.92 Å². The molecule has 0 bridgehead atoms. The van der Waals surface area contributed by atoms with Crippen molar-refractivity contribution in [1.29, 1.82) is 5.26 Å². The summed E-state index contributed by atoms with van der Waals surface area (Å²) in [6, 6.07) is 14.0. The van der Waals surface area contributed by atoms with Gasteiger partial charge < -0.3 is 10.1 Å². The van der Waals surface area contributed by atoms with Crippen LogP contribution in [0.25, 0.3) is 6.08 Å². The molecule has 124 valence electrons. The number of terminal acetylenes is 1. The van der Waals surface area contributed by atoms with Gasteiger partial charge in [0.2, 0.25) is 0 Å². The summed E-state index contributed by atoms with van der Waals surface area (Å²) in [5, 5.41) is 12.5. The topological polar surface area (TPSA) is 62.1 Å². The van der Waals surface area contributed by atoms with Gasteiger partial charge >= 0.3 is 0 Å². The lowest BCUT2D eigenvalue weighted by Crippen LogP contribution is -2.13. The summed E-state index contributed by atoms with van der Waals surface area (Å²) < 4.78 is 5.28. The van der Waals surface area contributed by atoms with E-state index < -0.39 is 5.91 Å². The van der Waals surface area contributed by atoms with Gasteiger partial charge in [0.25, 0.3) is 5.91 Å². The number of hydrogen-bond acceptors (Lipinski definition) is 3. The SMILES string of the molecule is C#CCOc1ccc(/C=C(/C#N)C(=O)Nc2ccc(C)c(Cl)c2)cc1. The zero-order valence-corrected chi connectivity index (χ0v) is 14.3. The number of carbonyl (C=O) groups is 1. The Hall–Kier alpha value is -3.21. The molecule has 0 aliphatic rings. The molecule has 0 aromatic heterocycles. The van der Waals surface area contributed by atoms with Crippen LogP contribution in [0.2, 0.25) is 5.02 Å². The number of anilines is 1. The normalized spacial score (nSPS) is 10.5. The van der Waals surface area contributed by atoms with Crippen molar-refractivity contribution in [3.8, 4) is 24.2 Å². The number of aryl methyl sites for hydroxylation is 1. The smallest absolute Gasteiger partial charge is 0.266 e. The molecule has 0 heterocycles. The zero-order valence-electron chi connectivity index (χ0n) is 13.5. The molecule has 4 nitrogen and oxygen atoms in total. The van der Waals surface area contributed by atoms with Crippen LogP contribution in [-0.4, -0.2) is 12.5 Å². The van der Waals surface area contributed by atoms with Crippen molar-refractivity contribution in [2.24, 2.45) is 0 Å². The molecule has 0 spiro atoms. The monoisotopic (exact) mass is 350 g/mol. The van der Waals surface area contributed by atoms with Crippen molar-refractivity contribution < 1.29 is 9.53 Å². The van der Waals surface area contributed by atoms with Crippen LogP contribution in [0.5, 0.6) is 5.75 Å². The number of halogens is 1. The molecule has 1 amide bonds. The molecule has 0 saturated heterocycles. The van der Waals surface area contributed by atoms with Crippen LogP contribution in [0.1, 0.15) is 11.1 Å². The molecule has 0 unspecified atom stereocenters. The van der Waals surface area contributed by atoms with Crippen molar-refractivity contribution in [1.82, 2.24) is 0 Å². The van der Waals surface area contributed by atoms with Crippen molar-refractivity contribution in [3.05, 3.63) is 64.2 Å². The third kappa shape index (κ3) is 5.14. The lowest BCUT2D eigenvalue weighted by Gasteiger charge is -2.06. The van der Waals surface area contributed by atoms with E-state index in [4.69, 9.17) is 22.8 Å². The van der Waals surface area contributed by atoms with Gasteiger partial charge in [0.05, 0.1) is 0 Å². The Morgan fingerprint density at radius 1 is 1.32 bits per heavy atom. The molecule has 0 radical (unpaired) electrons. The van der Waals surface area contributed by atoms with Crippen LogP contribution < -0.4 is 10.1 Å². The Morgan fingerprint density at radius 2 is 2.04 bits per heavy atom. The highest BCUT2D eigenvalue weighted by molar-refractivity contribution is 6.31. The Labute approximate surface area is 151 Å². The van der Waals surface area contributed by atoms with Crippen molar-refractivity contribution in [2.75, 3.05) is 11.9 Å². The average Bonchev–Trinajstić information content (AvgIpc) is 2.62. The number of nitrogens with one attached hydrogen (secondary N) is 1. The minimum atomic E-state index is -0.505. The lowest BCUT2D eigenvalue weighted by atomic mass is 10.1. The number of benzene rings is 2. The molecule has 2 rings (SSSR count). The maximum Gasteiger partial charge on any atom is 0.266 e. The third-order valence-corrected chi connectivity index (χ3v) is 3.72. The molecule has 25 heavy (non-hydrogen) atoms. The summed E-state index contributed by atoms with van der Waals surface area (Å²) in [7, 11) is 0. The van der Waals surface area contributed by atoms with Gasteiger partial charge in [-0.15, -0.1) is 6.42 Å². The highest BCUT2D eigenvalue weighted by atomic mass is 35.5. The van der Waals surface area contributed by atoms with Gasteiger partial charge in [-0.2, -0.15) is 5.26 Å². The summed E-state index contributed by atoms with van der Waals surface area (Å²) in [6.07, 6.45) is 6.63.